The lowest BCUT2D eigenvalue weighted by Crippen LogP contribution is -2.40. The molecule has 8 heteroatoms. The van der Waals surface area contributed by atoms with E-state index in [4.69, 9.17) is 14.5 Å². The number of aromatic nitrogens is 1. The van der Waals surface area contributed by atoms with Crippen LogP contribution in [0.5, 0.6) is 5.75 Å². The van der Waals surface area contributed by atoms with E-state index < -0.39 is 5.97 Å². The van der Waals surface area contributed by atoms with E-state index in [2.05, 4.69) is 10.2 Å². The Morgan fingerprint density at radius 3 is 2.70 bits per heavy atom. The number of rotatable bonds is 5. The monoisotopic (exact) mass is 425 g/mol. The summed E-state index contributed by atoms with van der Waals surface area (Å²) >= 11 is 1.62. The quantitative estimate of drug-likeness (QED) is 0.624. The molecule has 1 N–H and O–H groups in total. The van der Waals surface area contributed by atoms with E-state index in [1.807, 2.05) is 18.2 Å². The van der Waals surface area contributed by atoms with E-state index in [1.165, 1.54) is 7.11 Å². The van der Waals surface area contributed by atoms with Crippen molar-refractivity contribution in [3.05, 3.63) is 48.0 Å². The molecule has 0 aliphatic carbocycles. The Hall–Kier alpha value is -3.13. The van der Waals surface area contributed by atoms with E-state index >= 15 is 0 Å². The molecule has 0 radical (unpaired) electrons. The summed E-state index contributed by atoms with van der Waals surface area (Å²) < 4.78 is 11.1. The van der Waals surface area contributed by atoms with Gasteiger partial charge in [0.1, 0.15) is 5.75 Å². The van der Waals surface area contributed by atoms with Gasteiger partial charge in [0.05, 0.1) is 35.9 Å². The molecule has 0 saturated carbocycles. The van der Waals surface area contributed by atoms with Gasteiger partial charge in [-0.05, 0) is 55.3 Å². The number of benzene rings is 2. The number of carbonyl (C=O) groups excluding carboxylic acids is 2. The molecule has 2 heterocycles. The van der Waals surface area contributed by atoms with Crippen molar-refractivity contribution in [2.75, 3.05) is 37.5 Å². The van der Waals surface area contributed by atoms with Crippen molar-refractivity contribution in [1.82, 2.24) is 4.98 Å². The summed E-state index contributed by atoms with van der Waals surface area (Å²) in [5.74, 6) is 0.268. The van der Waals surface area contributed by atoms with Crippen LogP contribution in [0.3, 0.4) is 0 Å². The Kier molecular flexibility index (Phi) is 5.85. The third-order valence-corrected chi connectivity index (χ3v) is 6.30. The lowest BCUT2D eigenvalue weighted by atomic mass is 9.97. The van der Waals surface area contributed by atoms with Gasteiger partial charge >= 0.3 is 5.97 Å². The number of esters is 1. The number of piperidine rings is 1. The largest absolute Gasteiger partial charge is 0.497 e. The van der Waals surface area contributed by atoms with Gasteiger partial charge in [0, 0.05) is 18.8 Å². The first kappa shape index (κ1) is 20.2. The van der Waals surface area contributed by atoms with Crippen LogP contribution in [0.25, 0.3) is 10.2 Å². The van der Waals surface area contributed by atoms with Crippen LogP contribution in [-0.2, 0) is 9.53 Å². The highest BCUT2D eigenvalue weighted by Gasteiger charge is 2.27. The predicted octanol–water partition coefficient (Wildman–Crippen LogP) is 3.95. The second-order valence-electron chi connectivity index (χ2n) is 7.17. The van der Waals surface area contributed by atoms with Crippen LogP contribution < -0.4 is 15.0 Å². The van der Waals surface area contributed by atoms with E-state index in [0.29, 0.717) is 17.8 Å². The Morgan fingerprint density at radius 1 is 1.17 bits per heavy atom. The fourth-order valence-corrected chi connectivity index (χ4v) is 4.60. The van der Waals surface area contributed by atoms with Gasteiger partial charge in [0.15, 0.2) is 5.13 Å². The molecule has 3 aromatic rings. The molecule has 1 aromatic heterocycles. The fraction of sp³-hybridized carbons (Fsp3) is 0.318. The normalized spacial score (nSPS) is 16.3. The number of amides is 1. The molecule has 4 rings (SSSR count). The Bertz CT molecular complexity index is 1060. The maximum Gasteiger partial charge on any atom is 0.337 e. The molecule has 1 fully saturated rings. The SMILES string of the molecule is COC(=O)c1ccc(NC(=O)C2CCCN(c3nc4ccc(OC)cc4s3)C2)cc1. The second-order valence-corrected chi connectivity index (χ2v) is 8.18. The zero-order valence-electron chi connectivity index (χ0n) is 16.9. The zero-order chi connectivity index (χ0) is 21.1. The number of nitrogens with zero attached hydrogens (tertiary/aromatic N) is 2. The fourth-order valence-electron chi connectivity index (χ4n) is 3.57. The van der Waals surface area contributed by atoms with E-state index in [1.54, 1.807) is 42.7 Å². The average Bonchev–Trinajstić information content (AvgIpc) is 3.22. The van der Waals surface area contributed by atoms with Crippen LogP contribution in [0, 0.1) is 5.92 Å². The van der Waals surface area contributed by atoms with Gasteiger partial charge in [-0.2, -0.15) is 0 Å². The number of anilines is 2. The lowest BCUT2D eigenvalue weighted by Gasteiger charge is -2.31. The topological polar surface area (TPSA) is 80.8 Å². The molecule has 1 atom stereocenters. The first-order valence-corrected chi connectivity index (χ1v) is 10.6. The predicted molar refractivity (Wildman–Crippen MR) is 118 cm³/mol. The maximum atomic E-state index is 12.8. The Balaban J connectivity index is 1.43. The van der Waals surface area contributed by atoms with E-state index in [9.17, 15) is 9.59 Å². The van der Waals surface area contributed by atoms with Gasteiger partial charge < -0.3 is 19.7 Å². The summed E-state index contributed by atoms with van der Waals surface area (Å²) in [6.07, 6.45) is 1.76. The van der Waals surface area contributed by atoms with Crippen LogP contribution in [0.1, 0.15) is 23.2 Å². The van der Waals surface area contributed by atoms with Gasteiger partial charge in [-0.15, -0.1) is 0 Å². The average molecular weight is 426 g/mol. The minimum atomic E-state index is -0.399. The van der Waals surface area contributed by atoms with E-state index in [0.717, 1.165) is 40.5 Å². The van der Waals surface area contributed by atoms with Crippen molar-refractivity contribution in [2.45, 2.75) is 12.8 Å². The third kappa shape index (κ3) is 4.23. The summed E-state index contributed by atoms with van der Waals surface area (Å²) in [5, 5.41) is 3.89. The lowest BCUT2D eigenvalue weighted by molar-refractivity contribution is -0.120. The van der Waals surface area contributed by atoms with Crippen molar-refractivity contribution in [1.29, 1.82) is 0 Å². The molecule has 7 nitrogen and oxygen atoms in total. The first-order chi connectivity index (χ1) is 14.6. The molecule has 2 aromatic carbocycles. The number of hydrogen-bond acceptors (Lipinski definition) is 7. The van der Waals surface area contributed by atoms with Crippen molar-refractivity contribution in [3.63, 3.8) is 0 Å². The number of fused-ring (bicyclic) bond motifs is 1. The van der Waals surface area contributed by atoms with Gasteiger partial charge in [-0.3, -0.25) is 4.79 Å². The van der Waals surface area contributed by atoms with Crippen LogP contribution in [0.4, 0.5) is 10.8 Å². The zero-order valence-corrected chi connectivity index (χ0v) is 17.7. The highest BCUT2D eigenvalue weighted by molar-refractivity contribution is 7.22. The summed E-state index contributed by atoms with van der Waals surface area (Å²) in [6, 6.07) is 12.6. The number of thiazole rings is 1. The molecular formula is C22H23N3O4S. The van der Waals surface area contributed by atoms with Crippen molar-refractivity contribution < 1.29 is 19.1 Å². The highest BCUT2D eigenvalue weighted by atomic mass is 32.1. The number of ether oxygens (including phenoxy) is 2. The number of carbonyl (C=O) groups is 2. The molecule has 156 valence electrons. The van der Waals surface area contributed by atoms with Crippen molar-refractivity contribution in [3.8, 4) is 5.75 Å². The van der Waals surface area contributed by atoms with Crippen LogP contribution in [0.2, 0.25) is 0 Å². The van der Waals surface area contributed by atoms with Crippen LogP contribution in [-0.4, -0.2) is 44.2 Å². The van der Waals surface area contributed by atoms with Crippen molar-refractivity contribution in [2.24, 2.45) is 5.92 Å². The van der Waals surface area contributed by atoms with Crippen LogP contribution in [0.15, 0.2) is 42.5 Å². The van der Waals surface area contributed by atoms with Crippen LogP contribution >= 0.6 is 11.3 Å². The third-order valence-electron chi connectivity index (χ3n) is 5.22. The molecular weight excluding hydrogens is 402 g/mol. The highest BCUT2D eigenvalue weighted by Crippen LogP contribution is 2.33. The molecule has 1 aliphatic rings. The molecule has 0 spiro atoms. The summed E-state index contributed by atoms with van der Waals surface area (Å²) in [4.78, 5) is 31.3. The number of hydrogen-bond donors (Lipinski definition) is 1. The Labute approximate surface area is 178 Å². The molecule has 0 bridgehead atoms. The minimum Gasteiger partial charge on any atom is -0.497 e. The van der Waals surface area contributed by atoms with Gasteiger partial charge in [-0.25, -0.2) is 9.78 Å². The molecule has 1 saturated heterocycles. The second kappa shape index (κ2) is 8.71. The van der Waals surface area contributed by atoms with Crippen molar-refractivity contribution >= 4 is 44.2 Å². The molecule has 30 heavy (non-hydrogen) atoms. The van der Waals surface area contributed by atoms with E-state index in [-0.39, 0.29) is 11.8 Å². The minimum absolute atomic E-state index is 0.0201. The van der Waals surface area contributed by atoms with Gasteiger partial charge in [0.25, 0.3) is 0 Å². The smallest absolute Gasteiger partial charge is 0.337 e. The number of methoxy groups -OCH3 is 2. The molecule has 1 aliphatic heterocycles. The summed E-state index contributed by atoms with van der Waals surface area (Å²) in [7, 11) is 2.99. The summed E-state index contributed by atoms with van der Waals surface area (Å²) in [5.41, 5.74) is 2.05. The molecule has 1 unspecified atom stereocenters. The Morgan fingerprint density at radius 2 is 1.97 bits per heavy atom. The van der Waals surface area contributed by atoms with Gasteiger partial charge in [-0.1, -0.05) is 11.3 Å². The standard InChI is InChI=1S/C22H23N3O4S/c1-28-17-9-10-18-19(12-17)30-22(24-18)25-11-3-4-15(13-25)20(26)23-16-7-5-14(6-8-16)21(27)29-2/h5-10,12,15H,3-4,11,13H2,1-2H3,(H,23,26). The van der Waals surface area contributed by atoms with Gasteiger partial charge in [0.2, 0.25) is 5.91 Å². The number of nitrogens with one attached hydrogen (secondary N) is 1. The first-order valence-electron chi connectivity index (χ1n) is 9.76. The summed E-state index contributed by atoms with van der Waals surface area (Å²) in [6.45, 7) is 1.51. The molecule has 1 amide bonds. The maximum absolute atomic E-state index is 12.8.